The molecule has 0 radical (unpaired) electrons. The molecule has 3 atom stereocenters. The van der Waals surface area contributed by atoms with Crippen LogP contribution in [-0.4, -0.2) is 57.0 Å². The van der Waals surface area contributed by atoms with Crippen LogP contribution in [0.2, 0.25) is 0 Å². The number of hydrogen-bond donors (Lipinski definition) is 2. The maximum absolute atomic E-state index is 12.8. The number of carbonyl (C=O) groups is 4. The minimum Gasteiger partial charge on any atom is -0.477 e. The number of aliphatic carboxylic acids is 1. The summed E-state index contributed by atoms with van der Waals surface area (Å²) < 4.78 is 5.26. The van der Waals surface area contributed by atoms with Crippen molar-refractivity contribution < 1.29 is 29.0 Å². The van der Waals surface area contributed by atoms with Gasteiger partial charge in [0.25, 0.3) is 5.91 Å². The molecule has 1 aliphatic rings. The van der Waals surface area contributed by atoms with E-state index in [-0.39, 0.29) is 36.5 Å². The molecule has 1 fully saturated rings. The van der Waals surface area contributed by atoms with Crippen molar-refractivity contribution in [1.82, 2.24) is 10.2 Å². The number of nitrogens with one attached hydrogen (secondary N) is 1. The molecule has 2 amide bonds. The summed E-state index contributed by atoms with van der Waals surface area (Å²) >= 11 is 1.25. The number of hydrogen-bond acceptors (Lipinski definition) is 6. The molecular weight excluding hydrogens is 432 g/mol. The molecular formula is C23H30N2O6S. The van der Waals surface area contributed by atoms with Crippen LogP contribution in [0.25, 0.3) is 0 Å². The molecule has 1 saturated heterocycles. The van der Waals surface area contributed by atoms with Crippen molar-refractivity contribution in [3.63, 3.8) is 0 Å². The molecule has 8 nitrogen and oxygen atoms in total. The first kappa shape index (κ1) is 25.5. The van der Waals surface area contributed by atoms with Crippen molar-refractivity contribution in [2.45, 2.75) is 64.5 Å². The number of carboxylic acid groups (broad SMARTS) is 1. The SMILES string of the molecule is CCC(C)OC(=O)CCSC1C(NC(=O)Cc2ccccc2)C(=O)N1C(C(=O)O)=C(C)C. The van der Waals surface area contributed by atoms with Crippen LogP contribution in [-0.2, 0) is 30.3 Å². The van der Waals surface area contributed by atoms with Gasteiger partial charge in [-0.05, 0) is 38.3 Å². The molecule has 3 unspecified atom stereocenters. The number of ether oxygens (including phenoxy) is 1. The first-order valence-electron chi connectivity index (χ1n) is 10.5. The van der Waals surface area contributed by atoms with E-state index < -0.39 is 23.3 Å². The van der Waals surface area contributed by atoms with Gasteiger partial charge in [-0.1, -0.05) is 37.3 Å². The van der Waals surface area contributed by atoms with Crippen molar-refractivity contribution in [3.8, 4) is 0 Å². The molecule has 1 aromatic carbocycles. The number of carboxylic acids is 1. The third-order valence-electron chi connectivity index (χ3n) is 4.99. The Labute approximate surface area is 192 Å². The van der Waals surface area contributed by atoms with Gasteiger partial charge in [-0.3, -0.25) is 19.3 Å². The Morgan fingerprint density at radius 2 is 1.88 bits per heavy atom. The predicted octanol–water partition coefficient (Wildman–Crippen LogP) is 2.73. The predicted molar refractivity (Wildman–Crippen MR) is 122 cm³/mol. The number of benzene rings is 1. The van der Waals surface area contributed by atoms with E-state index in [0.29, 0.717) is 17.7 Å². The molecule has 2 N–H and O–H groups in total. The van der Waals surface area contributed by atoms with Crippen LogP contribution < -0.4 is 5.32 Å². The highest BCUT2D eigenvalue weighted by atomic mass is 32.2. The number of amides is 2. The smallest absolute Gasteiger partial charge is 0.352 e. The van der Waals surface area contributed by atoms with E-state index in [2.05, 4.69) is 5.32 Å². The third kappa shape index (κ3) is 6.59. The van der Waals surface area contributed by atoms with Crippen LogP contribution >= 0.6 is 11.8 Å². The van der Waals surface area contributed by atoms with Gasteiger partial charge in [0.2, 0.25) is 5.91 Å². The Morgan fingerprint density at radius 1 is 1.22 bits per heavy atom. The Kier molecular flexibility index (Phi) is 9.31. The van der Waals surface area contributed by atoms with Crippen LogP contribution in [0, 0.1) is 0 Å². The van der Waals surface area contributed by atoms with Crippen molar-refractivity contribution in [1.29, 1.82) is 0 Å². The minimum atomic E-state index is -1.21. The van der Waals surface area contributed by atoms with Gasteiger partial charge in [0.1, 0.15) is 17.1 Å². The molecule has 2 rings (SSSR count). The number of rotatable bonds is 11. The molecule has 1 aromatic rings. The number of nitrogens with zero attached hydrogens (tertiary/aromatic N) is 1. The molecule has 32 heavy (non-hydrogen) atoms. The molecule has 174 valence electrons. The summed E-state index contributed by atoms with van der Waals surface area (Å²) in [5.41, 5.74) is 1.17. The number of carbonyl (C=O) groups excluding carboxylic acids is 3. The fourth-order valence-corrected chi connectivity index (χ4v) is 4.46. The highest BCUT2D eigenvalue weighted by Gasteiger charge is 2.51. The molecule has 0 spiro atoms. The molecule has 1 aliphatic heterocycles. The molecule has 0 aliphatic carbocycles. The summed E-state index contributed by atoms with van der Waals surface area (Å²) in [6, 6.07) is 8.26. The van der Waals surface area contributed by atoms with E-state index in [9.17, 15) is 24.3 Å². The van der Waals surface area contributed by atoms with Gasteiger partial charge < -0.3 is 15.2 Å². The maximum Gasteiger partial charge on any atom is 0.352 e. The van der Waals surface area contributed by atoms with Gasteiger partial charge in [0.15, 0.2) is 0 Å². The molecule has 0 aromatic heterocycles. The summed E-state index contributed by atoms with van der Waals surface area (Å²) in [7, 11) is 0. The molecule has 1 heterocycles. The standard InChI is InChI=1S/C23H30N2O6S/c1-5-15(4)31-18(27)11-12-32-22-19(21(28)25(22)20(14(2)3)23(29)30)24-17(26)13-16-9-7-6-8-10-16/h6-10,15,19,22H,5,11-13H2,1-4H3,(H,24,26)(H,29,30). The summed E-state index contributed by atoms with van der Waals surface area (Å²) in [6.45, 7) is 6.95. The Hall–Kier alpha value is -2.81. The lowest BCUT2D eigenvalue weighted by atomic mass is 10.0. The second kappa shape index (κ2) is 11.7. The van der Waals surface area contributed by atoms with E-state index in [1.54, 1.807) is 13.8 Å². The zero-order chi connectivity index (χ0) is 23.8. The van der Waals surface area contributed by atoms with Gasteiger partial charge in [-0.25, -0.2) is 4.79 Å². The highest BCUT2D eigenvalue weighted by Crippen LogP contribution is 2.35. The summed E-state index contributed by atoms with van der Waals surface area (Å²) in [5, 5.41) is 11.7. The Bertz CT molecular complexity index is 882. The van der Waals surface area contributed by atoms with Crippen LogP contribution in [0.15, 0.2) is 41.6 Å². The molecule has 9 heteroatoms. The number of allylic oxidation sites excluding steroid dienone is 1. The van der Waals surface area contributed by atoms with Gasteiger partial charge in [0.05, 0.1) is 18.9 Å². The topological polar surface area (TPSA) is 113 Å². The van der Waals surface area contributed by atoms with E-state index in [1.807, 2.05) is 44.2 Å². The summed E-state index contributed by atoms with van der Waals surface area (Å²) in [4.78, 5) is 50.2. The lowest BCUT2D eigenvalue weighted by molar-refractivity contribution is -0.150. The van der Waals surface area contributed by atoms with Crippen molar-refractivity contribution >= 4 is 35.5 Å². The van der Waals surface area contributed by atoms with Crippen LogP contribution in [0.4, 0.5) is 0 Å². The quantitative estimate of drug-likeness (QED) is 0.295. The number of likely N-dealkylation sites (tertiary alicyclic amines) is 1. The summed E-state index contributed by atoms with van der Waals surface area (Å²) in [5.74, 6) is -2.05. The van der Waals surface area contributed by atoms with Gasteiger partial charge >= 0.3 is 11.9 Å². The van der Waals surface area contributed by atoms with E-state index >= 15 is 0 Å². The first-order chi connectivity index (χ1) is 15.1. The minimum absolute atomic E-state index is 0.108. The number of β-lactam (4-membered cyclic amide) rings is 1. The van der Waals surface area contributed by atoms with Gasteiger partial charge in [-0.15, -0.1) is 11.8 Å². The van der Waals surface area contributed by atoms with Crippen molar-refractivity contribution in [3.05, 3.63) is 47.2 Å². The first-order valence-corrected chi connectivity index (χ1v) is 11.6. The third-order valence-corrected chi connectivity index (χ3v) is 6.25. The zero-order valence-corrected chi connectivity index (χ0v) is 19.6. The fourth-order valence-electron chi connectivity index (χ4n) is 3.20. The largest absolute Gasteiger partial charge is 0.477 e. The normalized spacial score (nSPS) is 18.4. The maximum atomic E-state index is 12.8. The van der Waals surface area contributed by atoms with E-state index in [1.165, 1.54) is 16.7 Å². The lowest BCUT2D eigenvalue weighted by Gasteiger charge is -2.47. The number of thioether (sulfide) groups is 1. The number of esters is 1. The zero-order valence-electron chi connectivity index (χ0n) is 18.8. The van der Waals surface area contributed by atoms with E-state index in [4.69, 9.17) is 4.74 Å². The van der Waals surface area contributed by atoms with Crippen LogP contribution in [0.3, 0.4) is 0 Å². The molecule has 0 bridgehead atoms. The average Bonchev–Trinajstić information content (AvgIpc) is 2.74. The van der Waals surface area contributed by atoms with Gasteiger partial charge in [-0.2, -0.15) is 0 Å². The van der Waals surface area contributed by atoms with Crippen molar-refractivity contribution in [2.24, 2.45) is 0 Å². The van der Waals surface area contributed by atoms with Crippen LogP contribution in [0.5, 0.6) is 0 Å². The monoisotopic (exact) mass is 462 g/mol. The van der Waals surface area contributed by atoms with Crippen molar-refractivity contribution in [2.75, 3.05) is 5.75 Å². The molecule has 0 saturated carbocycles. The van der Waals surface area contributed by atoms with Crippen LogP contribution in [0.1, 0.15) is 46.1 Å². The lowest BCUT2D eigenvalue weighted by Crippen LogP contribution is -2.69. The average molecular weight is 463 g/mol. The Morgan fingerprint density at radius 3 is 2.44 bits per heavy atom. The fraction of sp³-hybridized carbons (Fsp3) is 0.478. The second-order valence-corrected chi connectivity index (χ2v) is 9.01. The van der Waals surface area contributed by atoms with Gasteiger partial charge in [0, 0.05) is 5.75 Å². The summed E-state index contributed by atoms with van der Waals surface area (Å²) in [6.07, 6.45) is 0.762. The van der Waals surface area contributed by atoms with E-state index in [0.717, 1.165) is 5.56 Å². The second-order valence-electron chi connectivity index (χ2n) is 7.79. The Balaban J connectivity index is 2.09. The highest BCUT2D eigenvalue weighted by molar-refractivity contribution is 8.00.